The highest BCUT2D eigenvalue weighted by Gasteiger charge is 2.44. The molecule has 1 unspecified atom stereocenters. The molecule has 6 nitrogen and oxygen atoms in total. The van der Waals surface area contributed by atoms with Gasteiger partial charge in [0, 0.05) is 5.92 Å². The average Bonchev–Trinajstić information content (AvgIpc) is 3.02. The molecule has 0 bridgehead atoms. The normalized spacial score (nSPS) is 15.2. The average molecular weight is 397 g/mol. The van der Waals surface area contributed by atoms with Crippen LogP contribution in [0.5, 0.6) is 0 Å². The van der Waals surface area contributed by atoms with Gasteiger partial charge in [-0.3, -0.25) is 9.59 Å². The highest BCUT2D eigenvalue weighted by molar-refractivity contribution is 5.83. The van der Waals surface area contributed by atoms with Crippen LogP contribution >= 0.6 is 0 Å². The molecule has 0 radical (unpaired) electrons. The third-order valence-electron chi connectivity index (χ3n) is 5.56. The number of ether oxygens (including phenoxy) is 1. The third kappa shape index (κ3) is 4.04. The van der Waals surface area contributed by atoms with Gasteiger partial charge in [-0.25, -0.2) is 0 Å². The van der Waals surface area contributed by atoms with E-state index < -0.39 is 35.8 Å². The highest BCUT2D eigenvalue weighted by atomic mass is 16.7. The lowest BCUT2D eigenvalue weighted by Gasteiger charge is -2.32. The molecular formula is C23H27NO5. The van der Waals surface area contributed by atoms with Gasteiger partial charge >= 0.3 is 11.9 Å². The summed E-state index contributed by atoms with van der Waals surface area (Å²) in [6.45, 7) is 4.95. The molecule has 29 heavy (non-hydrogen) atoms. The van der Waals surface area contributed by atoms with Crippen molar-refractivity contribution in [3.63, 3.8) is 0 Å². The summed E-state index contributed by atoms with van der Waals surface area (Å²) in [4.78, 5) is 29.4. The summed E-state index contributed by atoms with van der Waals surface area (Å²) in [6.07, 6.45) is 0. The van der Waals surface area contributed by atoms with Gasteiger partial charge < -0.3 is 14.7 Å². The Labute approximate surface area is 170 Å². The van der Waals surface area contributed by atoms with Crippen molar-refractivity contribution in [3.8, 4) is 11.1 Å². The van der Waals surface area contributed by atoms with Gasteiger partial charge in [0.15, 0.2) is 0 Å². The molecule has 6 heteroatoms. The zero-order chi connectivity index (χ0) is 21.2. The molecule has 2 aromatic carbocycles. The summed E-state index contributed by atoms with van der Waals surface area (Å²) < 4.78 is 5.62. The molecule has 0 saturated heterocycles. The van der Waals surface area contributed by atoms with E-state index in [1.807, 2.05) is 36.4 Å². The van der Waals surface area contributed by atoms with Crippen LogP contribution < -0.4 is 5.90 Å². The fourth-order valence-corrected chi connectivity index (χ4v) is 4.22. The van der Waals surface area contributed by atoms with Gasteiger partial charge in [0.1, 0.15) is 6.61 Å². The number of hydrogen-bond donors (Lipinski definition) is 2. The van der Waals surface area contributed by atoms with E-state index in [9.17, 15) is 14.7 Å². The molecule has 2 aromatic rings. The minimum atomic E-state index is -1.06. The van der Waals surface area contributed by atoms with Crippen LogP contribution in [0.4, 0.5) is 0 Å². The summed E-state index contributed by atoms with van der Waals surface area (Å²) in [5.74, 6) is 1.60. The minimum absolute atomic E-state index is 0.0970. The number of carbonyl (C=O) groups is 2. The number of esters is 1. The molecule has 0 fully saturated rings. The molecule has 3 rings (SSSR count). The lowest BCUT2D eigenvalue weighted by atomic mass is 9.73. The number of carbonyl (C=O) groups excluding carboxylic acids is 2. The van der Waals surface area contributed by atoms with E-state index >= 15 is 0 Å². The van der Waals surface area contributed by atoms with Crippen LogP contribution in [0.15, 0.2) is 48.5 Å². The molecule has 2 atom stereocenters. The molecule has 0 spiro atoms. The fourth-order valence-electron chi connectivity index (χ4n) is 4.22. The Morgan fingerprint density at radius 1 is 1.00 bits per heavy atom. The smallest absolute Gasteiger partial charge is 0.328 e. The van der Waals surface area contributed by atoms with E-state index in [2.05, 4.69) is 17.0 Å². The lowest BCUT2D eigenvalue weighted by molar-refractivity contribution is -0.168. The van der Waals surface area contributed by atoms with Crippen LogP contribution in [0.3, 0.4) is 0 Å². The Morgan fingerprint density at radius 3 is 1.97 bits per heavy atom. The predicted molar refractivity (Wildman–Crippen MR) is 108 cm³/mol. The monoisotopic (exact) mass is 397 g/mol. The Kier molecular flexibility index (Phi) is 6.05. The zero-order valence-corrected chi connectivity index (χ0v) is 16.9. The maximum Gasteiger partial charge on any atom is 0.328 e. The first-order valence-corrected chi connectivity index (χ1v) is 9.66. The lowest BCUT2D eigenvalue weighted by Crippen LogP contribution is -2.43. The third-order valence-corrected chi connectivity index (χ3v) is 5.56. The van der Waals surface area contributed by atoms with Crippen LogP contribution in [-0.4, -0.2) is 30.3 Å². The van der Waals surface area contributed by atoms with Gasteiger partial charge in [0.2, 0.25) is 0 Å². The SMILES string of the molecule is CC(C)(C)C(C(=O)ON)[C@@H](CO)C(=O)OCC1c2ccccc2-c2ccccc21. The quantitative estimate of drug-likeness (QED) is 0.574. The summed E-state index contributed by atoms with van der Waals surface area (Å²) in [5.41, 5.74) is 3.80. The molecule has 1 aliphatic rings. The van der Waals surface area contributed by atoms with Crippen molar-refractivity contribution in [2.75, 3.05) is 13.2 Å². The molecule has 0 saturated carbocycles. The summed E-state index contributed by atoms with van der Waals surface area (Å²) in [6, 6.07) is 16.1. The van der Waals surface area contributed by atoms with Crippen molar-refractivity contribution >= 4 is 11.9 Å². The van der Waals surface area contributed by atoms with Crippen molar-refractivity contribution in [1.29, 1.82) is 0 Å². The van der Waals surface area contributed by atoms with Crippen LogP contribution in [0.1, 0.15) is 37.8 Å². The first kappa shape index (κ1) is 21.0. The summed E-state index contributed by atoms with van der Waals surface area (Å²) >= 11 is 0. The molecule has 3 N–H and O–H groups in total. The highest BCUT2D eigenvalue weighted by Crippen LogP contribution is 2.44. The summed E-state index contributed by atoms with van der Waals surface area (Å²) in [5, 5.41) is 9.83. The van der Waals surface area contributed by atoms with Gasteiger partial charge in [0.05, 0.1) is 18.4 Å². The molecule has 0 aliphatic heterocycles. The molecule has 0 heterocycles. The maximum absolute atomic E-state index is 12.8. The molecule has 1 aliphatic carbocycles. The Bertz CT molecular complexity index is 857. The van der Waals surface area contributed by atoms with Crippen molar-refractivity contribution in [2.45, 2.75) is 26.7 Å². The molecule has 154 valence electrons. The minimum Gasteiger partial charge on any atom is -0.464 e. The maximum atomic E-state index is 12.8. The van der Waals surface area contributed by atoms with Gasteiger partial charge in [-0.05, 0) is 27.7 Å². The van der Waals surface area contributed by atoms with E-state index in [0.29, 0.717) is 0 Å². The number of rotatable bonds is 6. The van der Waals surface area contributed by atoms with Gasteiger partial charge in [-0.15, -0.1) is 0 Å². The Balaban J connectivity index is 1.82. The number of nitrogens with two attached hydrogens (primary N) is 1. The Morgan fingerprint density at radius 2 is 1.52 bits per heavy atom. The van der Waals surface area contributed by atoms with Crippen LogP contribution in [0, 0.1) is 17.3 Å². The molecule has 0 amide bonds. The van der Waals surface area contributed by atoms with E-state index in [1.54, 1.807) is 20.8 Å². The first-order valence-electron chi connectivity index (χ1n) is 9.66. The van der Waals surface area contributed by atoms with Gasteiger partial charge in [-0.1, -0.05) is 69.3 Å². The number of aliphatic hydroxyl groups is 1. The zero-order valence-electron chi connectivity index (χ0n) is 16.9. The Hall–Kier alpha value is -2.70. The van der Waals surface area contributed by atoms with Crippen molar-refractivity contribution in [3.05, 3.63) is 59.7 Å². The predicted octanol–water partition coefficient (Wildman–Crippen LogP) is 3.03. The van der Waals surface area contributed by atoms with Gasteiger partial charge in [0.25, 0.3) is 0 Å². The van der Waals surface area contributed by atoms with Crippen molar-refractivity contribution < 1.29 is 24.3 Å². The van der Waals surface area contributed by atoms with E-state index in [-0.39, 0.29) is 12.5 Å². The molecule has 0 aromatic heterocycles. The van der Waals surface area contributed by atoms with E-state index in [4.69, 9.17) is 10.6 Å². The number of benzene rings is 2. The van der Waals surface area contributed by atoms with Crippen LogP contribution in [0.2, 0.25) is 0 Å². The second kappa shape index (κ2) is 8.35. The van der Waals surface area contributed by atoms with Crippen LogP contribution in [-0.2, 0) is 19.2 Å². The second-order valence-corrected chi connectivity index (χ2v) is 8.43. The number of fused-ring (bicyclic) bond motifs is 3. The topological polar surface area (TPSA) is 98.9 Å². The van der Waals surface area contributed by atoms with Crippen molar-refractivity contribution in [2.24, 2.45) is 23.1 Å². The standard InChI is InChI=1S/C23H27NO5/c1-23(2,3)20(22(27)29-24)18(12-25)21(26)28-13-19-16-10-6-4-8-14(16)15-9-5-7-11-17(15)19/h4-11,18-20,25H,12-13,24H2,1-3H3/t18-,20?/m1/s1. The van der Waals surface area contributed by atoms with E-state index in [1.165, 1.54) is 0 Å². The number of aliphatic hydroxyl groups excluding tert-OH is 1. The van der Waals surface area contributed by atoms with Crippen molar-refractivity contribution in [1.82, 2.24) is 0 Å². The molecular weight excluding hydrogens is 370 g/mol. The number of hydrogen-bond acceptors (Lipinski definition) is 6. The summed E-state index contributed by atoms with van der Waals surface area (Å²) in [7, 11) is 0. The largest absolute Gasteiger partial charge is 0.464 e. The second-order valence-electron chi connectivity index (χ2n) is 8.43. The van der Waals surface area contributed by atoms with Crippen LogP contribution in [0.25, 0.3) is 11.1 Å². The van der Waals surface area contributed by atoms with Gasteiger partial charge in [-0.2, -0.15) is 5.90 Å². The first-order chi connectivity index (χ1) is 13.8. The van der Waals surface area contributed by atoms with E-state index in [0.717, 1.165) is 22.3 Å². The fraction of sp³-hybridized carbons (Fsp3) is 0.391.